The Labute approximate surface area is 115 Å². The minimum atomic E-state index is -0.00908. The summed E-state index contributed by atoms with van der Waals surface area (Å²) in [7, 11) is 0. The van der Waals surface area contributed by atoms with Gasteiger partial charge in [0.25, 0.3) is 0 Å². The van der Waals surface area contributed by atoms with Crippen molar-refractivity contribution in [3.05, 3.63) is 35.5 Å². The summed E-state index contributed by atoms with van der Waals surface area (Å²) in [6.45, 7) is 0. The third kappa shape index (κ3) is 1.56. The number of ether oxygens (including phenoxy) is 1. The molecule has 2 bridgehead atoms. The Kier molecular flexibility index (Phi) is 2.37. The number of hydrogen-bond donors (Lipinski definition) is 2. The van der Waals surface area contributed by atoms with Crippen LogP contribution in [0.5, 0.6) is 0 Å². The van der Waals surface area contributed by atoms with Gasteiger partial charge >= 0.3 is 0 Å². The summed E-state index contributed by atoms with van der Waals surface area (Å²) >= 11 is 0. The summed E-state index contributed by atoms with van der Waals surface area (Å²) < 4.78 is 7.69. The van der Waals surface area contributed by atoms with Crippen LogP contribution in [0.2, 0.25) is 0 Å². The van der Waals surface area contributed by atoms with Crippen LogP contribution in [0.15, 0.2) is 18.6 Å². The second-order valence-electron chi connectivity index (χ2n) is 5.13. The highest BCUT2D eigenvalue weighted by atomic mass is 16.5. The first-order chi connectivity index (χ1) is 9.74. The molecule has 2 aliphatic rings. The second-order valence-corrected chi connectivity index (χ2v) is 5.13. The van der Waals surface area contributed by atoms with Crippen LogP contribution in [0, 0.1) is 5.41 Å². The maximum absolute atomic E-state index is 7.73. The summed E-state index contributed by atoms with van der Waals surface area (Å²) in [5, 5.41) is 12.2. The van der Waals surface area contributed by atoms with Crippen LogP contribution >= 0.6 is 0 Å². The number of hydrogen-bond acceptors (Lipinski definition) is 5. The number of fused-ring (bicyclic) bond motifs is 4. The van der Waals surface area contributed by atoms with Gasteiger partial charge in [-0.2, -0.15) is 5.10 Å². The normalized spacial score (nSPS) is 23.6. The van der Waals surface area contributed by atoms with E-state index < -0.39 is 0 Å². The maximum atomic E-state index is 7.73. The number of nitrogens with one attached hydrogen (secondary N) is 1. The molecule has 4 rings (SSSR count). The zero-order chi connectivity index (χ0) is 13.7. The van der Waals surface area contributed by atoms with E-state index in [4.69, 9.17) is 15.9 Å². The van der Waals surface area contributed by atoms with Crippen molar-refractivity contribution in [1.82, 2.24) is 19.7 Å². The first-order valence-corrected chi connectivity index (χ1v) is 6.62. The Morgan fingerprint density at radius 3 is 3.05 bits per heavy atom. The quantitative estimate of drug-likeness (QED) is 0.618. The van der Waals surface area contributed by atoms with Gasteiger partial charge in [-0.25, -0.2) is 9.67 Å². The first-order valence-electron chi connectivity index (χ1n) is 6.62. The van der Waals surface area contributed by atoms with Crippen molar-refractivity contribution >= 4 is 5.84 Å². The van der Waals surface area contributed by atoms with Crippen LogP contribution in [0.25, 0.3) is 5.82 Å². The number of rotatable bonds is 2. The van der Waals surface area contributed by atoms with Crippen molar-refractivity contribution in [3.63, 3.8) is 0 Å². The Morgan fingerprint density at radius 1 is 1.40 bits per heavy atom. The summed E-state index contributed by atoms with van der Waals surface area (Å²) in [5.41, 5.74) is 8.22. The number of nitrogens with zero attached hydrogens (tertiary/aromatic N) is 4. The highest BCUT2D eigenvalue weighted by Gasteiger charge is 2.39. The van der Waals surface area contributed by atoms with E-state index >= 15 is 0 Å². The third-order valence-corrected chi connectivity index (χ3v) is 3.89. The highest BCUT2D eigenvalue weighted by Crippen LogP contribution is 2.42. The molecule has 0 aliphatic carbocycles. The van der Waals surface area contributed by atoms with Crippen molar-refractivity contribution in [2.75, 3.05) is 0 Å². The fourth-order valence-corrected chi connectivity index (χ4v) is 3.07. The molecule has 0 saturated carbocycles. The number of amidine groups is 1. The average molecular weight is 270 g/mol. The molecule has 1 fully saturated rings. The lowest BCUT2D eigenvalue weighted by Crippen LogP contribution is -2.21. The van der Waals surface area contributed by atoms with E-state index in [0.717, 1.165) is 30.5 Å². The van der Waals surface area contributed by atoms with Crippen LogP contribution in [-0.4, -0.2) is 31.7 Å². The van der Waals surface area contributed by atoms with Crippen molar-refractivity contribution in [1.29, 1.82) is 5.41 Å². The predicted molar refractivity (Wildman–Crippen MR) is 70.7 cm³/mol. The van der Waals surface area contributed by atoms with Gasteiger partial charge in [-0.3, -0.25) is 10.4 Å². The molecule has 0 amide bonds. The average Bonchev–Trinajstić information content (AvgIpc) is 3.03. The molecule has 7 heteroatoms. The predicted octanol–water partition coefficient (Wildman–Crippen LogP) is 0.723. The van der Waals surface area contributed by atoms with Gasteiger partial charge in [0, 0.05) is 24.4 Å². The van der Waals surface area contributed by atoms with Crippen molar-refractivity contribution in [2.45, 2.75) is 31.5 Å². The monoisotopic (exact) mass is 270 g/mol. The minimum absolute atomic E-state index is 0.00908. The second kappa shape index (κ2) is 4.11. The van der Waals surface area contributed by atoms with Crippen LogP contribution in [-0.2, 0) is 11.2 Å². The lowest BCUT2D eigenvalue weighted by Gasteiger charge is -2.22. The van der Waals surface area contributed by atoms with Gasteiger partial charge in [0.05, 0.1) is 18.0 Å². The molecule has 2 aliphatic heterocycles. The lowest BCUT2D eigenvalue weighted by atomic mass is 10.0. The van der Waals surface area contributed by atoms with Crippen molar-refractivity contribution in [2.24, 2.45) is 5.73 Å². The summed E-state index contributed by atoms with van der Waals surface area (Å²) in [4.78, 5) is 8.36. The number of aromatic nitrogens is 4. The molecule has 2 aromatic heterocycles. The fourth-order valence-electron chi connectivity index (χ4n) is 3.07. The van der Waals surface area contributed by atoms with Gasteiger partial charge in [0.2, 0.25) is 0 Å². The molecule has 102 valence electrons. The smallest absolute Gasteiger partial charge is 0.172 e. The molecule has 2 unspecified atom stereocenters. The molecular formula is C13H14N6O. The minimum Gasteiger partial charge on any atom is -0.382 e. The molecule has 20 heavy (non-hydrogen) atoms. The molecule has 2 atom stereocenters. The van der Waals surface area contributed by atoms with Gasteiger partial charge in [-0.1, -0.05) is 0 Å². The Hall–Kier alpha value is -2.28. The van der Waals surface area contributed by atoms with Crippen LogP contribution in [0.3, 0.4) is 0 Å². The molecule has 1 saturated heterocycles. The fraction of sp³-hybridized carbons (Fsp3) is 0.385. The molecule has 0 radical (unpaired) electrons. The van der Waals surface area contributed by atoms with E-state index in [1.54, 1.807) is 23.3 Å². The van der Waals surface area contributed by atoms with Crippen LogP contribution in [0.4, 0.5) is 0 Å². The molecule has 3 N–H and O–H groups in total. The van der Waals surface area contributed by atoms with E-state index in [1.165, 1.54) is 0 Å². The summed E-state index contributed by atoms with van der Waals surface area (Å²) in [6, 6.07) is 0. The third-order valence-electron chi connectivity index (χ3n) is 3.89. The Morgan fingerprint density at radius 2 is 2.30 bits per heavy atom. The first kappa shape index (κ1) is 11.5. The van der Waals surface area contributed by atoms with E-state index in [9.17, 15) is 0 Å². The molecule has 0 aromatic carbocycles. The Balaban J connectivity index is 1.94. The molecular weight excluding hydrogens is 256 g/mol. The topological polar surface area (TPSA) is 103 Å². The zero-order valence-electron chi connectivity index (χ0n) is 10.8. The molecule has 0 spiro atoms. The van der Waals surface area contributed by atoms with Gasteiger partial charge in [0.1, 0.15) is 17.6 Å². The van der Waals surface area contributed by atoms with E-state index in [2.05, 4.69) is 15.1 Å². The van der Waals surface area contributed by atoms with E-state index in [0.29, 0.717) is 11.5 Å². The van der Waals surface area contributed by atoms with E-state index in [-0.39, 0.29) is 18.0 Å². The standard InChI is InChI=1S/C13H14N6O/c14-13(15)11-8-5-7-1-2-9(20-7)12(8)19(18-11)10-6-16-3-4-17-10/h3-4,6-7,9H,1-2,5H2,(H3,14,15). The number of nitrogens with two attached hydrogens (primary N) is 1. The lowest BCUT2D eigenvalue weighted by molar-refractivity contribution is 0.0286. The van der Waals surface area contributed by atoms with E-state index in [1.807, 2.05) is 0 Å². The van der Waals surface area contributed by atoms with Crippen LogP contribution in [0.1, 0.15) is 35.9 Å². The maximum Gasteiger partial charge on any atom is 0.172 e. The Bertz CT molecular complexity index is 680. The SMILES string of the molecule is N=C(N)c1nn(-c2cnccn2)c2c1CC1CCC2O1. The van der Waals surface area contributed by atoms with Gasteiger partial charge in [-0.15, -0.1) is 0 Å². The van der Waals surface area contributed by atoms with Crippen molar-refractivity contribution < 1.29 is 4.74 Å². The molecule has 2 aromatic rings. The zero-order valence-corrected chi connectivity index (χ0v) is 10.8. The number of nitrogen functional groups attached to an aromatic ring is 1. The van der Waals surface area contributed by atoms with Crippen LogP contribution < -0.4 is 5.73 Å². The molecule has 7 nitrogen and oxygen atoms in total. The van der Waals surface area contributed by atoms with Crippen molar-refractivity contribution in [3.8, 4) is 5.82 Å². The van der Waals surface area contributed by atoms with Gasteiger partial charge in [0.15, 0.2) is 5.82 Å². The summed E-state index contributed by atoms with van der Waals surface area (Å²) in [5.74, 6) is 0.621. The summed E-state index contributed by atoms with van der Waals surface area (Å²) in [6.07, 6.45) is 7.92. The largest absolute Gasteiger partial charge is 0.382 e. The van der Waals surface area contributed by atoms with Gasteiger partial charge < -0.3 is 10.5 Å². The highest BCUT2D eigenvalue weighted by molar-refractivity contribution is 5.95. The van der Waals surface area contributed by atoms with Gasteiger partial charge in [-0.05, 0) is 12.8 Å². The molecule has 4 heterocycles.